The maximum Gasteiger partial charge on any atom is 0.184 e. The molecule has 150 valence electrons. The Morgan fingerprint density at radius 1 is 0.857 bits per heavy atom. The van der Waals surface area contributed by atoms with Crippen molar-refractivity contribution in [1.29, 1.82) is 0 Å². The summed E-state index contributed by atoms with van der Waals surface area (Å²) in [4.78, 5) is 0. The van der Waals surface area contributed by atoms with Crippen LogP contribution in [0.1, 0.15) is 18.1 Å². The fourth-order valence-corrected chi connectivity index (χ4v) is 3.59. The molecule has 4 rings (SSSR count). The van der Waals surface area contributed by atoms with Gasteiger partial charge in [0.1, 0.15) is 24.4 Å². The first-order valence-corrected chi connectivity index (χ1v) is 9.62. The zero-order valence-corrected chi connectivity index (χ0v) is 15.8. The minimum absolute atomic E-state index is 0.347. The summed E-state index contributed by atoms with van der Waals surface area (Å²) in [5, 5.41) is 10.6. The van der Waals surface area contributed by atoms with Gasteiger partial charge in [-0.05, 0) is 18.1 Å². The lowest BCUT2D eigenvalue weighted by atomic mass is 9.97. The molecule has 2 saturated heterocycles. The highest BCUT2D eigenvalue weighted by Gasteiger charge is 2.50. The smallest absolute Gasteiger partial charge is 0.184 e. The quantitative estimate of drug-likeness (QED) is 0.823. The monoisotopic (exact) mass is 386 g/mol. The van der Waals surface area contributed by atoms with E-state index in [1.807, 2.05) is 67.6 Å². The molecule has 2 aromatic carbocycles. The SMILES string of the molecule is C[C@H]1OC[C@H]2O[C@H](O)[C@H](OCc3ccccc3)[C@@H](OCc3ccccc3)[C@@H]2O1. The fourth-order valence-electron chi connectivity index (χ4n) is 3.59. The van der Waals surface area contributed by atoms with Gasteiger partial charge in [0.15, 0.2) is 12.6 Å². The summed E-state index contributed by atoms with van der Waals surface area (Å²) in [5.41, 5.74) is 2.06. The Labute approximate surface area is 164 Å². The summed E-state index contributed by atoms with van der Waals surface area (Å²) in [6.07, 6.45) is -3.41. The van der Waals surface area contributed by atoms with Gasteiger partial charge in [0, 0.05) is 0 Å². The predicted octanol–water partition coefficient (Wildman–Crippen LogP) is 2.64. The molecule has 28 heavy (non-hydrogen) atoms. The van der Waals surface area contributed by atoms with E-state index in [1.54, 1.807) is 0 Å². The van der Waals surface area contributed by atoms with Crippen molar-refractivity contribution >= 4 is 0 Å². The van der Waals surface area contributed by atoms with Gasteiger partial charge in [-0.1, -0.05) is 60.7 Å². The highest BCUT2D eigenvalue weighted by molar-refractivity contribution is 5.14. The molecular weight excluding hydrogens is 360 g/mol. The Hall–Kier alpha value is -1.80. The van der Waals surface area contributed by atoms with Gasteiger partial charge in [-0.15, -0.1) is 0 Å². The molecule has 1 N–H and O–H groups in total. The zero-order valence-electron chi connectivity index (χ0n) is 15.8. The number of benzene rings is 2. The molecule has 0 spiro atoms. The van der Waals surface area contributed by atoms with Crippen molar-refractivity contribution in [1.82, 2.24) is 0 Å². The van der Waals surface area contributed by atoms with Crippen LogP contribution in [-0.2, 0) is 36.9 Å². The van der Waals surface area contributed by atoms with E-state index >= 15 is 0 Å². The molecule has 2 aliphatic rings. The van der Waals surface area contributed by atoms with E-state index in [1.165, 1.54) is 0 Å². The van der Waals surface area contributed by atoms with Crippen LogP contribution >= 0.6 is 0 Å². The van der Waals surface area contributed by atoms with Gasteiger partial charge in [-0.25, -0.2) is 0 Å². The van der Waals surface area contributed by atoms with E-state index in [0.29, 0.717) is 19.8 Å². The van der Waals surface area contributed by atoms with Gasteiger partial charge in [0.05, 0.1) is 19.8 Å². The van der Waals surface area contributed by atoms with Crippen LogP contribution in [0.4, 0.5) is 0 Å². The number of rotatable bonds is 6. The van der Waals surface area contributed by atoms with E-state index in [4.69, 9.17) is 23.7 Å². The first-order valence-electron chi connectivity index (χ1n) is 9.62. The second-order valence-electron chi connectivity index (χ2n) is 7.09. The minimum atomic E-state index is -1.12. The molecule has 0 amide bonds. The molecule has 6 nitrogen and oxygen atoms in total. The van der Waals surface area contributed by atoms with Crippen molar-refractivity contribution in [3.8, 4) is 0 Å². The standard InChI is InChI=1S/C22H26O6/c1-15-24-14-18-19(27-15)20(25-12-16-8-4-2-5-9-16)21(22(23)28-18)26-13-17-10-6-3-7-11-17/h2-11,15,18-23H,12-14H2,1H3/t15-,18+,19+,20-,21+,22-/m0/s1. The average molecular weight is 386 g/mol. The molecule has 2 fully saturated rings. The second kappa shape index (κ2) is 9.13. The maximum absolute atomic E-state index is 10.6. The summed E-state index contributed by atoms with van der Waals surface area (Å²) < 4.78 is 29.5. The lowest BCUT2D eigenvalue weighted by molar-refractivity contribution is -0.361. The van der Waals surface area contributed by atoms with Crippen LogP contribution < -0.4 is 0 Å². The van der Waals surface area contributed by atoms with E-state index in [2.05, 4.69) is 0 Å². The van der Waals surface area contributed by atoms with Crippen LogP contribution in [0.2, 0.25) is 0 Å². The highest BCUT2D eigenvalue weighted by Crippen LogP contribution is 2.32. The summed E-state index contributed by atoms with van der Waals surface area (Å²) in [5.74, 6) is 0. The largest absolute Gasteiger partial charge is 0.368 e. The third-order valence-electron chi connectivity index (χ3n) is 5.02. The summed E-state index contributed by atoms with van der Waals surface area (Å²) in [6, 6.07) is 19.7. The molecule has 6 atom stereocenters. The molecule has 2 heterocycles. The first-order chi connectivity index (χ1) is 13.7. The molecule has 0 bridgehead atoms. The minimum Gasteiger partial charge on any atom is -0.368 e. The molecule has 0 unspecified atom stereocenters. The van der Waals surface area contributed by atoms with Gasteiger partial charge >= 0.3 is 0 Å². The predicted molar refractivity (Wildman–Crippen MR) is 101 cm³/mol. The third kappa shape index (κ3) is 4.60. The molecule has 0 saturated carbocycles. The third-order valence-corrected chi connectivity index (χ3v) is 5.02. The summed E-state index contributed by atoms with van der Waals surface area (Å²) in [6.45, 7) is 2.93. The molecular formula is C22H26O6. The lowest BCUT2D eigenvalue weighted by Crippen LogP contribution is -2.63. The van der Waals surface area contributed by atoms with E-state index in [0.717, 1.165) is 11.1 Å². The highest BCUT2D eigenvalue weighted by atomic mass is 16.7. The Morgan fingerprint density at radius 2 is 1.43 bits per heavy atom. The lowest BCUT2D eigenvalue weighted by Gasteiger charge is -2.47. The number of aliphatic hydroxyl groups excluding tert-OH is 1. The van der Waals surface area contributed by atoms with Crippen LogP contribution in [-0.4, -0.2) is 48.7 Å². The number of hydrogen-bond donors (Lipinski definition) is 1. The molecule has 0 aromatic heterocycles. The Kier molecular flexibility index (Phi) is 6.36. The van der Waals surface area contributed by atoms with E-state index in [-0.39, 0.29) is 12.4 Å². The van der Waals surface area contributed by atoms with Gasteiger partial charge in [0.25, 0.3) is 0 Å². The van der Waals surface area contributed by atoms with Crippen LogP contribution in [0.5, 0.6) is 0 Å². The second-order valence-corrected chi connectivity index (χ2v) is 7.09. The molecule has 0 aliphatic carbocycles. The van der Waals surface area contributed by atoms with Crippen molar-refractivity contribution < 1.29 is 28.8 Å². The van der Waals surface area contributed by atoms with Crippen molar-refractivity contribution in [2.45, 2.75) is 57.1 Å². The first kappa shape index (κ1) is 19.5. The molecule has 6 heteroatoms. The molecule has 0 radical (unpaired) electrons. The summed E-state index contributed by atoms with van der Waals surface area (Å²) >= 11 is 0. The zero-order chi connectivity index (χ0) is 19.3. The van der Waals surface area contributed by atoms with E-state index in [9.17, 15) is 5.11 Å². The Balaban J connectivity index is 1.50. The van der Waals surface area contributed by atoms with Crippen molar-refractivity contribution in [2.24, 2.45) is 0 Å². The number of fused-ring (bicyclic) bond motifs is 1. The van der Waals surface area contributed by atoms with Crippen LogP contribution in [0, 0.1) is 0 Å². The number of hydrogen-bond acceptors (Lipinski definition) is 6. The Bertz CT molecular complexity index is 724. The van der Waals surface area contributed by atoms with Crippen LogP contribution in [0.3, 0.4) is 0 Å². The average Bonchev–Trinajstić information content (AvgIpc) is 2.73. The molecule has 2 aliphatic heterocycles. The fraction of sp³-hybridized carbons (Fsp3) is 0.455. The topological polar surface area (TPSA) is 66.4 Å². The van der Waals surface area contributed by atoms with Crippen LogP contribution in [0.25, 0.3) is 0 Å². The van der Waals surface area contributed by atoms with Gasteiger partial charge in [0.2, 0.25) is 0 Å². The maximum atomic E-state index is 10.6. The Morgan fingerprint density at radius 3 is 2.04 bits per heavy atom. The van der Waals surface area contributed by atoms with Crippen molar-refractivity contribution in [2.75, 3.05) is 6.61 Å². The van der Waals surface area contributed by atoms with Gasteiger partial charge in [-0.3, -0.25) is 0 Å². The van der Waals surface area contributed by atoms with E-state index < -0.39 is 24.6 Å². The molecule has 2 aromatic rings. The number of aliphatic hydroxyl groups is 1. The normalized spacial score (nSPS) is 32.6. The number of ether oxygens (including phenoxy) is 5. The summed E-state index contributed by atoms with van der Waals surface area (Å²) in [7, 11) is 0. The van der Waals surface area contributed by atoms with Crippen molar-refractivity contribution in [3.63, 3.8) is 0 Å². The van der Waals surface area contributed by atoms with Gasteiger partial charge in [-0.2, -0.15) is 0 Å². The van der Waals surface area contributed by atoms with Gasteiger partial charge < -0.3 is 28.8 Å². The van der Waals surface area contributed by atoms with Crippen molar-refractivity contribution in [3.05, 3.63) is 71.8 Å². The van der Waals surface area contributed by atoms with Crippen LogP contribution in [0.15, 0.2) is 60.7 Å².